The Morgan fingerprint density at radius 2 is 1.94 bits per heavy atom. The Labute approximate surface area is 205 Å². The third kappa shape index (κ3) is 4.99. The van der Waals surface area contributed by atoms with Crippen molar-refractivity contribution >= 4 is 31.6 Å². The van der Waals surface area contributed by atoms with Crippen LogP contribution in [0.15, 0.2) is 12.3 Å². The lowest BCUT2D eigenvalue weighted by Crippen LogP contribution is -2.51. The van der Waals surface area contributed by atoms with Gasteiger partial charge in [-0.1, -0.05) is 0 Å². The van der Waals surface area contributed by atoms with Gasteiger partial charge in [0.1, 0.15) is 10.6 Å². The van der Waals surface area contributed by atoms with E-state index in [0.717, 1.165) is 73.1 Å². The Balaban J connectivity index is 1.30. The number of hydrogen-bond acceptors (Lipinski definition) is 8. The van der Waals surface area contributed by atoms with Gasteiger partial charge in [-0.2, -0.15) is 0 Å². The van der Waals surface area contributed by atoms with E-state index in [2.05, 4.69) is 23.7 Å². The second kappa shape index (κ2) is 9.63. The van der Waals surface area contributed by atoms with Gasteiger partial charge in [-0.15, -0.1) is 11.3 Å². The number of aryl methyl sites for hydroxylation is 1. The van der Waals surface area contributed by atoms with Crippen molar-refractivity contribution in [2.75, 3.05) is 13.1 Å². The molecule has 10 heteroatoms. The molecule has 5 rings (SSSR count). The zero-order valence-corrected chi connectivity index (χ0v) is 21.5. The third-order valence-corrected chi connectivity index (χ3v) is 9.69. The number of ether oxygens (including phenoxy) is 2. The van der Waals surface area contributed by atoms with Crippen molar-refractivity contribution in [1.82, 2.24) is 9.88 Å². The van der Waals surface area contributed by atoms with Crippen LogP contribution < -0.4 is 9.88 Å². The molecule has 0 aromatic carbocycles. The molecule has 0 unspecified atom stereocenters. The van der Waals surface area contributed by atoms with Crippen LogP contribution in [-0.2, 0) is 21.2 Å². The van der Waals surface area contributed by atoms with Gasteiger partial charge in [0.05, 0.1) is 23.7 Å². The highest BCUT2D eigenvalue weighted by Gasteiger charge is 2.35. The molecule has 3 aliphatic rings. The lowest BCUT2D eigenvalue weighted by molar-refractivity contribution is -0.0866. The fourth-order valence-electron chi connectivity index (χ4n) is 6.06. The summed E-state index contributed by atoms with van der Waals surface area (Å²) in [5.41, 5.74) is -0.462. The number of aromatic nitrogens is 1. The molecule has 2 aromatic rings. The largest absolute Gasteiger partial charge is 0.490 e. The summed E-state index contributed by atoms with van der Waals surface area (Å²) >= 11 is 1.65. The molecule has 0 bridgehead atoms. The first kappa shape index (κ1) is 24.4. The van der Waals surface area contributed by atoms with Gasteiger partial charge in [-0.3, -0.25) is 4.90 Å². The normalized spacial score (nSPS) is 31.5. The average molecular weight is 510 g/mol. The maximum absolute atomic E-state index is 11.6. The van der Waals surface area contributed by atoms with Crippen molar-refractivity contribution in [3.8, 4) is 5.75 Å². The van der Waals surface area contributed by atoms with Crippen molar-refractivity contribution in [1.29, 1.82) is 0 Å². The van der Waals surface area contributed by atoms with Gasteiger partial charge in [0.15, 0.2) is 5.44 Å². The third-order valence-electron chi connectivity index (χ3n) is 7.56. The molecule has 2 fully saturated rings. The van der Waals surface area contributed by atoms with Crippen LogP contribution in [0.1, 0.15) is 68.7 Å². The smallest absolute Gasteiger partial charge is 0.235 e. The summed E-state index contributed by atoms with van der Waals surface area (Å²) in [6.45, 7) is 6.30. The number of nitrogens with zero attached hydrogens (tertiary/aromatic N) is 2. The molecule has 3 heterocycles. The SMILES string of the molecule is C[C@@H]1CN(C2CCC(Oc3ccnc4sc5c(c34)[C@@H](C[C@H](O)S(N)(=O)=O)CC5)CC2)C[C@@H](C)O1. The first-order valence-corrected chi connectivity index (χ1v) is 14.8. The summed E-state index contributed by atoms with van der Waals surface area (Å²) in [4.78, 5) is 9.28. The molecular weight excluding hydrogens is 474 g/mol. The molecule has 4 atom stereocenters. The van der Waals surface area contributed by atoms with Crippen molar-refractivity contribution in [3.05, 3.63) is 22.7 Å². The van der Waals surface area contributed by atoms with Crippen LogP contribution in [0.3, 0.4) is 0 Å². The second-order valence-electron chi connectivity index (χ2n) is 10.2. The summed E-state index contributed by atoms with van der Waals surface area (Å²) in [5, 5.41) is 16.3. The molecule has 1 aliphatic heterocycles. The van der Waals surface area contributed by atoms with E-state index in [-0.39, 0.29) is 30.7 Å². The van der Waals surface area contributed by atoms with Gasteiger partial charge in [0.2, 0.25) is 10.0 Å². The summed E-state index contributed by atoms with van der Waals surface area (Å²) in [5.74, 6) is 0.765. The highest BCUT2D eigenvalue weighted by atomic mass is 32.2. The molecule has 0 radical (unpaired) electrons. The van der Waals surface area contributed by atoms with Crippen molar-refractivity contribution in [2.24, 2.45) is 5.14 Å². The number of fused-ring (bicyclic) bond motifs is 3. The first-order chi connectivity index (χ1) is 16.2. The van der Waals surface area contributed by atoms with Crippen LogP contribution in [0.5, 0.6) is 5.75 Å². The molecule has 34 heavy (non-hydrogen) atoms. The van der Waals surface area contributed by atoms with Crippen LogP contribution in [0, 0.1) is 0 Å². The maximum atomic E-state index is 11.6. The van der Waals surface area contributed by atoms with E-state index >= 15 is 0 Å². The molecule has 188 valence electrons. The number of sulfonamides is 1. The van der Waals surface area contributed by atoms with Crippen LogP contribution >= 0.6 is 11.3 Å². The molecule has 2 aromatic heterocycles. The van der Waals surface area contributed by atoms with Crippen LogP contribution in [0.4, 0.5) is 0 Å². The number of aliphatic hydroxyl groups excluding tert-OH is 1. The molecule has 2 aliphatic carbocycles. The molecule has 1 saturated carbocycles. The average Bonchev–Trinajstić information content (AvgIpc) is 3.33. The fourth-order valence-corrected chi connectivity index (χ4v) is 7.82. The maximum Gasteiger partial charge on any atom is 0.235 e. The number of pyridine rings is 1. The van der Waals surface area contributed by atoms with Crippen molar-refractivity contribution < 1.29 is 23.0 Å². The minimum Gasteiger partial charge on any atom is -0.490 e. The van der Waals surface area contributed by atoms with Gasteiger partial charge >= 0.3 is 0 Å². The number of hydrogen-bond donors (Lipinski definition) is 2. The summed E-state index contributed by atoms with van der Waals surface area (Å²) in [6, 6.07) is 2.51. The second-order valence-corrected chi connectivity index (χ2v) is 13.0. The van der Waals surface area contributed by atoms with Gasteiger partial charge in [-0.05, 0) is 76.3 Å². The number of aliphatic hydroxyl groups is 1. The van der Waals surface area contributed by atoms with E-state index in [1.54, 1.807) is 17.5 Å². The summed E-state index contributed by atoms with van der Waals surface area (Å²) in [6.07, 6.45) is 8.53. The van der Waals surface area contributed by atoms with E-state index in [1.807, 2.05) is 6.07 Å². The number of rotatable bonds is 6. The Kier molecular flexibility index (Phi) is 6.91. The lowest BCUT2D eigenvalue weighted by Gasteiger charge is -2.42. The fraction of sp³-hybridized carbons (Fsp3) is 0.708. The van der Waals surface area contributed by atoms with Gasteiger partial charge in [0.25, 0.3) is 0 Å². The highest BCUT2D eigenvalue weighted by Crippen LogP contribution is 2.48. The van der Waals surface area contributed by atoms with Gasteiger partial charge in [-0.25, -0.2) is 18.5 Å². The minimum absolute atomic E-state index is 0.0651. The van der Waals surface area contributed by atoms with E-state index in [9.17, 15) is 13.5 Å². The molecule has 0 spiro atoms. The molecule has 8 nitrogen and oxygen atoms in total. The number of nitrogens with two attached hydrogens (primary N) is 1. The predicted molar refractivity (Wildman–Crippen MR) is 133 cm³/mol. The molecule has 0 amide bonds. The Bertz CT molecular complexity index is 1120. The first-order valence-electron chi connectivity index (χ1n) is 12.3. The van der Waals surface area contributed by atoms with Crippen LogP contribution in [-0.4, -0.2) is 66.3 Å². The topological polar surface area (TPSA) is 115 Å². The summed E-state index contributed by atoms with van der Waals surface area (Å²) < 4.78 is 35.7. The molecule has 3 N–H and O–H groups in total. The van der Waals surface area contributed by atoms with E-state index in [0.29, 0.717) is 6.04 Å². The number of thiophene rings is 1. The van der Waals surface area contributed by atoms with E-state index < -0.39 is 15.5 Å². The zero-order chi connectivity index (χ0) is 24.0. The van der Waals surface area contributed by atoms with Crippen molar-refractivity contribution in [2.45, 2.75) is 94.5 Å². The van der Waals surface area contributed by atoms with Crippen molar-refractivity contribution in [3.63, 3.8) is 0 Å². The van der Waals surface area contributed by atoms with Crippen LogP contribution in [0.2, 0.25) is 0 Å². The van der Waals surface area contributed by atoms with Crippen LogP contribution in [0.25, 0.3) is 10.2 Å². The lowest BCUT2D eigenvalue weighted by atomic mass is 9.91. The van der Waals surface area contributed by atoms with Gasteiger partial charge < -0.3 is 14.6 Å². The quantitative estimate of drug-likeness (QED) is 0.615. The Morgan fingerprint density at radius 1 is 1.24 bits per heavy atom. The molecule has 1 saturated heterocycles. The number of morpholine rings is 1. The highest BCUT2D eigenvalue weighted by molar-refractivity contribution is 7.89. The standard InChI is InChI=1S/C24H35N3O5S2/c1-14-12-27(13-15(2)31-14)17-4-6-18(7-5-17)32-19-9-10-26-24-23(19)22-16(3-8-20(22)33-24)11-21(28)34(25,29)30/h9-10,14-18,21,28H,3-8,11-13H2,1-2H3,(H2,25,29,30)/t14-,15-,16-,17?,18?,21-/m1/s1. The van der Waals surface area contributed by atoms with E-state index in [4.69, 9.17) is 14.6 Å². The Hall–Kier alpha value is -1.30. The molecular formula is C24H35N3O5S2. The van der Waals surface area contributed by atoms with Gasteiger partial charge in [0, 0.05) is 30.2 Å². The monoisotopic (exact) mass is 509 g/mol. The van der Waals surface area contributed by atoms with E-state index in [1.165, 1.54) is 4.88 Å². The Morgan fingerprint density at radius 3 is 2.62 bits per heavy atom. The predicted octanol–water partition coefficient (Wildman–Crippen LogP) is 3.12. The summed E-state index contributed by atoms with van der Waals surface area (Å²) in [7, 11) is -3.98. The minimum atomic E-state index is -3.98. The zero-order valence-electron chi connectivity index (χ0n) is 19.9. The number of primary sulfonamides is 1.